The molecule has 2 heterocycles. The normalized spacial score (nSPS) is 24.6. The van der Waals surface area contributed by atoms with Gasteiger partial charge in [0.25, 0.3) is 0 Å². The Bertz CT molecular complexity index is 400. The molecule has 17 heavy (non-hydrogen) atoms. The molecule has 0 amide bonds. The van der Waals surface area contributed by atoms with E-state index in [1.807, 2.05) is 0 Å². The van der Waals surface area contributed by atoms with Crippen molar-refractivity contribution >= 4 is 16.5 Å². The molecule has 1 aliphatic carbocycles. The van der Waals surface area contributed by atoms with Crippen LogP contribution in [0.5, 0.6) is 0 Å². The summed E-state index contributed by atoms with van der Waals surface area (Å²) in [4.78, 5) is 8.36. The molecule has 1 aromatic rings. The van der Waals surface area contributed by atoms with Crippen molar-refractivity contribution in [2.75, 3.05) is 11.4 Å². The van der Waals surface area contributed by atoms with E-state index in [0.717, 1.165) is 16.6 Å². The molecule has 2 aliphatic rings. The topological polar surface area (TPSA) is 36.4 Å². The van der Waals surface area contributed by atoms with Crippen LogP contribution in [0.4, 0.5) is 5.13 Å². The van der Waals surface area contributed by atoms with Gasteiger partial charge in [0.15, 0.2) is 5.13 Å². The highest BCUT2D eigenvalue weighted by Crippen LogP contribution is 2.45. The average molecular weight is 252 g/mol. The van der Waals surface area contributed by atoms with Crippen LogP contribution in [0.25, 0.3) is 0 Å². The first-order valence-corrected chi connectivity index (χ1v) is 7.52. The second-order valence-corrected chi connectivity index (χ2v) is 6.20. The zero-order valence-electron chi connectivity index (χ0n) is 10.4. The van der Waals surface area contributed by atoms with Gasteiger partial charge in [0.1, 0.15) is 0 Å². The molecule has 0 aromatic carbocycles. The lowest BCUT2D eigenvalue weighted by atomic mass is 10.2. The standard InChI is InChI=1S/C13H20N2OS/c1-2-10-4-3-7-15(10)13-14-12(9-5-6-9)11(8-16)17-13/h9-10,16H,2-8H2,1H3. The maximum Gasteiger partial charge on any atom is 0.186 e. The quantitative estimate of drug-likeness (QED) is 0.895. The van der Waals surface area contributed by atoms with Crippen LogP contribution in [0, 0.1) is 0 Å². The van der Waals surface area contributed by atoms with Gasteiger partial charge in [0, 0.05) is 18.5 Å². The van der Waals surface area contributed by atoms with Gasteiger partial charge in [0.2, 0.25) is 0 Å². The summed E-state index contributed by atoms with van der Waals surface area (Å²) < 4.78 is 0. The average Bonchev–Trinajstić information content (AvgIpc) is 2.95. The summed E-state index contributed by atoms with van der Waals surface area (Å²) in [6, 6.07) is 0.666. The maximum atomic E-state index is 9.43. The lowest BCUT2D eigenvalue weighted by Crippen LogP contribution is -2.28. The van der Waals surface area contributed by atoms with Crippen LogP contribution >= 0.6 is 11.3 Å². The van der Waals surface area contributed by atoms with E-state index in [9.17, 15) is 5.11 Å². The van der Waals surface area contributed by atoms with Crippen LogP contribution in [0.1, 0.15) is 55.5 Å². The third-order valence-electron chi connectivity index (χ3n) is 3.92. The number of aliphatic hydroxyl groups excluding tert-OH is 1. The van der Waals surface area contributed by atoms with Crippen molar-refractivity contribution in [1.82, 2.24) is 4.98 Å². The molecule has 1 aromatic heterocycles. The predicted octanol–water partition coefficient (Wildman–Crippen LogP) is 2.89. The number of rotatable bonds is 4. The van der Waals surface area contributed by atoms with E-state index in [-0.39, 0.29) is 6.61 Å². The number of aromatic nitrogens is 1. The Labute approximate surface area is 106 Å². The number of hydrogen-bond donors (Lipinski definition) is 1. The Morgan fingerprint density at radius 1 is 1.41 bits per heavy atom. The van der Waals surface area contributed by atoms with Crippen LogP contribution in [0.2, 0.25) is 0 Å². The summed E-state index contributed by atoms with van der Waals surface area (Å²) in [6.07, 6.45) is 6.29. The molecule has 1 saturated heterocycles. The molecule has 1 unspecified atom stereocenters. The SMILES string of the molecule is CCC1CCCN1c1nc(C2CC2)c(CO)s1. The molecule has 1 atom stereocenters. The molecule has 3 nitrogen and oxygen atoms in total. The summed E-state index contributed by atoms with van der Waals surface area (Å²) in [6.45, 7) is 3.56. The Morgan fingerprint density at radius 2 is 2.24 bits per heavy atom. The van der Waals surface area contributed by atoms with Gasteiger partial charge in [-0.15, -0.1) is 0 Å². The van der Waals surface area contributed by atoms with Gasteiger partial charge in [-0.2, -0.15) is 0 Å². The molecule has 0 radical (unpaired) electrons. The molecule has 94 valence electrons. The van der Waals surface area contributed by atoms with Crippen LogP contribution in [0.3, 0.4) is 0 Å². The Morgan fingerprint density at radius 3 is 2.88 bits per heavy atom. The zero-order valence-corrected chi connectivity index (χ0v) is 11.2. The number of nitrogens with zero attached hydrogens (tertiary/aromatic N) is 2. The predicted molar refractivity (Wildman–Crippen MR) is 70.7 cm³/mol. The van der Waals surface area contributed by atoms with E-state index in [1.165, 1.54) is 37.8 Å². The second-order valence-electron chi connectivity index (χ2n) is 5.13. The first-order valence-electron chi connectivity index (χ1n) is 6.70. The van der Waals surface area contributed by atoms with Crippen LogP contribution < -0.4 is 4.90 Å². The fraction of sp³-hybridized carbons (Fsp3) is 0.769. The molecular weight excluding hydrogens is 232 g/mol. The van der Waals surface area contributed by atoms with Crippen molar-refractivity contribution in [3.8, 4) is 0 Å². The van der Waals surface area contributed by atoms with Gasteiger partial charge in [-0.3, -0.25) is 0 Å². The van der Waals surface area contributed by atoms with E-state index in [1.54, 1.807) is 11.3 Å². The Kier molecular flexibility index (Phi) is 3.09. The highest BCUT2D eigenvalue weighted by molar-refractivity contribution is 7.15. The lowest BCUT2D eigenvalue weighted by Gasteiger charge is -2.22. The van der Waals surface area contributed by atoms with Crippen molar-refractivity contribution in [2.45, 2.75) is 57.6 Å². The molecule has 4 heteroatoms. The summed E-state index contributed by atoms with van der Waals surface area (Å²) in [7, 11) is 0. The minimum atomic E-state index is 0.161. The fourth-order valence-corrected chi connectivity index (χ4v) is 3.88. The summed E-state index contributed by atoms with van der Waals surface area (Å²) in [5.74, 6) is 0.643. The first-order chi connectivity index (χ1) is 8.33. The first kappa shape index (κ1) is 11.5. The third-order valence-corrected chi connectivity index (χ3v) is 5.01. The fourth-order valence-electron chi connectivity index (χ4n) is 2.77. The summed E-state index contributed by atoms with van der Waals surface area (Å²) in [5.41, 5.74) is 1.19. The largest absolute Gasteiger partial charge is 0.391 e. The van der Waals surface area contributed by atoms with E-state index < -0.39 is 0 Å². The van der Waals surface area contributed by atoms with E-state index in [2.05, 4.69) is 11.8 Å². The van der Waals surface area contributed by atoms with Crippen molar-refractivity contribution in [3.05, 3.63) is 10.6 Å². The molecule has 1 N–H and O–H groups in total. The molecule has 1 aliphatic heterocycles. The maximum absolute atomic E-state index is 9.43. The van der Waals surface area contributed by atoms with E-state index in [0.29, 0.717) is 12.0 Å². The third kappa shape index (κ3) is 2.08. The zero-order chi connectivity index (χ0) is 11.8. The van der Waals surface area contributed by atoms with Gasteiger partial charge in [-0.25, -0.2) is 4.98 Å². The van der Waals surface area contributed by atoms with Gasteiger partial charge in [-0.1, -0.05) is 18.3 Å². The monoisotopic (exact) mass is 252 g/mol. The number of hydrogen-bond acceptors (Lipinski definition) is 4. The number of anilines is 1. The second kappa shape index (κ2) is 4.58. The van der Waals surface area contributed by atoms with Crippen molar-refractivity contribution in [1.29, 1.82) is 0 Å². The minimum absolute atomic E-state index is 0.161. The molecule has 0 bridgehead atoms. The molecule has 1 saturated carbocycles. The van der Waals surface area contributed by atoms with E-state index >= 15 is 0 Å². The molecule has 0 spiro atoms. The highest BCUT2D eigenvalue weighted by Gasteiger charge is 2.32. The Hall–Kier alpha value is -0.610. The van der Waals surface area contributed by atoms with Gasteiger partial charge in [0.05, 0.1) is 17.2 Å². The number of thiazole rings is 1. The van der Waals surface area contributed by atoms with Crippen molar-refractivity contribution in [2.24, 2.45) is 0 Å². The summed E-state index contributed by atoms with van der Waals surface area (Å²) >= 11 is 1.71. The van der Waals surface area contributed by atoms with Gasteiger partial charge in [-0.05, 0) is 32.1 Å². The van der Waals surface area contributed by atoms with Gasteiger partial charge < -0.3 is 10.0 Å². The van der Waals surface area contributed by atoms with Crippen LogP contribution in [-0.2, 0) is 6.61 Å². The van der Waals surface area contributed by atoms with Crippen molar-refractivity contribution < 1.29 is 5.11 Å². The van der Waals surface area contributed by atoms with Crippen molar-refractivity contribution in [3.63, 3.8) is 0 Å². The highest BCUT2D eigenvalue weighted by atomic mass is 32.1. The van der Waals surface area contributed by atoms with Crippen LogP contribution in [-0.4, -0.2) is 22.7 Å². The van der Waals surface area contributed by atoms with E-state index in [4.69, 9.17) is 4.98 Å². The minimum Gasteiger partial charge on any atom is -0.391 e. The molecule has 2 fully saturated rings. The smallest absolute Gasteiger partial charge is 0.186 e. The van der Waals surface area contributed by atoms with Gasteiger partial charge >= 0.3 is 0 Å². The molecular formula is C13H20N2OS. The Balaban J connectivity index is 1.87. The molecule has 3 rings (SSSR count). The lowest BCUT2D eigenvalue weighted by molar-refractivity contribution is 0.284. The van der Waals surface area contributed by atoms with Crippen LogP contribution in [0.15, 0.2) is 0 Å². The number of aliphatic hydroxyl groups is 1. The summed E-state index contributed by atoms with van der Waals surface area (Å²) in [5, 5.41) is 10.6.